The molecule has 2 aliphatic heterocycles. The minimum atomic E-state index is -0.261. The molecule has 1 unspecified atom stereocenters. The fourth-order valence-electron chi connectivity index (χ4n) is 4.30. The van der Waals surface area contributed by atoms with E-state index in [1.165, 1.54) is 11.8 Å². The van der Waals surface area contributed by atoms with Crippen molar-refractivity contribution in [3.63, 3.8) is 0 Å². The molecule has 3 heterocycles. The number of hydrogen-bond donors (Lipinski definition) is 0. The van der Waals surface area contributed by atoms with Crippen molar-refractivity contribution in [2.24, 2.45) is 5.92 Å². The number of rotatable bonds is 6. The number of aromatic nitrogens is 1. The van der Waals surface area contributed by atoms with Crippen LogP contribution in [0.2, 0.25) is 0 Å². The molecule has 0 radical (unpaired) electrons. The molecule has 1 amide bonds. The predicted octanol–water partition coefficient (Wildman–Crippen LogP) is 4.29. The summed E-state index contributed by atoms with van der Waals surface area (Å²) >= 11 is 6.76. The summed E-state index contributed by atoms with van der Waals surface area (Å²) in [6, 6.07) is 2.09. The second-order valence-electron chi connectivity index (χ2n) is 8.28. The minimum Gasteiger partial charge on any atom is -0.357 e. The number of anilines is 1. The van der Waals surface area contributed by atoms with Gasteiger partial charge in [0, 0.05) is 31.7 Å². The average Bonchev–Trinajstić information content (AvgIpc) is 3.01. The molecule has 3 rings (SSSR count). The smallest absolute Gasteiger partial charge is 0.270 e. The number of hydrogen-bond acceptors (Lipinski definition) is 6. The van der Waals surface area contributed by atoms with E-state index in [9.17, 15) is 14.9 Å². The van der Waals surface area contributed by atoms with Crippen LogP contribution in [0.4, 0.5) is 5.82 Å². The lowest BCUT2D eigenvalue weighted by Gasteiger charge is -2.35. The second-order valence-corrected chi connectivity index (χ2v) is 9.95. The van der Waals surface area contributed by atoms with Crippen LogP contribution in [0.3, 0.4) is 0 Å². The third kappa shape index (κ3) is 4.58. The third-order valence-electron chi connectivity index (χ3n) is 6.00. The number of carbonyl (C=O) groups excluding carboxylic acids is 1. The van der Waals surface area contributed by atoms with Gasteiger partial charge in [-0.2, -0.15) is 5.26 Å². The molecule has 6 nitrogen and oxygen atoms in total. The highest BCUT2D eigenvalue weighted by atomic mass is 32.2. The first-order valence-electron chi connectivity index (χ1n) is 11.0. The summed E-state index contributed by atoms with van der Waals surface area (Å²) in [5.74, 6) is 1.24. The topological polar surface area (TPSA) is 69.3 Å². The molecule has 0 aliphatic carbocycles. The van der Waals surface area contributed by atoms with Gasteiger partial charge in [0.25, 0.3) is 11.5 Å². The van der Waals surface area contributed by atoms with Gasteiger partial charge in [0.2, 0.25) is 0 Å². The van der Waals surface area contributed by atoms with Gasteiger partial charge in [-0.3, -0.25) is 19.1 Å². The van der Waals surface area contributed by atoms with E-state index < -0.39 is 0 Å². The van der Waals surface area contributed by atoms with E-state index in [4.69, 9.17) is 12.2 Å². The first-order chi connectivity index (χ1) is 14.8. The molecule has 8 heteroatoms. The number of amides is 1. The quantitative estimate of drug-likeness (QED) is 0.468. The van der Waals surface area contributed by atoms with Gasteiger partial charge < -0.3 is 4.90 Å². The van der Waals surface area contributed by atoms with Crippen LogP contribution in [0.15, 0.2) is 9.70 Å². The van der Waals surface area contributed by atoms with E-state index >= 15 is 0 Å². The molecule has 31 heavy (non-hydrogen) atoms. The molecule has 0 spiro atoms. The molecular weight excluding hydrogens is 428 g/mol. The van der Waals surface area contributed by atoms with E-state index in [1.54, 1.807) is 16.4 Å². The van der Waals surface area contributed by atoms with Crippen molar-refractivity contribution in [3.8, 4) is 6.07 Å². The zero-order valence-corrected chi connectivity index (χ0v) is 20.4. The highest BCUT2D eigenvalue weighted by Gasteiger charge is 2.33. The number of thiocarbonyl (C=S) groups is 1. The van der Waals surface area contributed by atoms with Crippen molar-refractivity contribution in [3.05, 3.63) is 31.9 Å². The number of unbranched alkanes of at least 4 members (excludes halogenated alkanes) is 1. The molecule has 2 fully saturated rings. The Kier molecular flexibility index (Phi) is 7.60. The Labute approximate surface area is 193 Å². The molecule has 1 atom stereocenters. The molecular formula is C23H30N4O2S2. The summed E-state index contributed by atoms with van der Waals surface area (Å²) in [4.78, 5) is 30.6. The van der Waals surface area contributed by atoms with Gasteiger partial charge in [-0.15, -0.1) is 0 Å². The summed E-state index contributed by atoms with van der Waals surface area (Å²) in [6.07, 6.45) is 5.94. The monoisotopic (exact) mass is 458 g/mol. The van der Waals surface area contributed by atoms with E-state index in [-0.39, 0.29) is 17.0 Å². The molecule has 0 bridgehead atoms. The van der Waals surface area contributed by atoms with Crippen LogP contribution in [0.5, 0.6) is 0 Å². The number of nitriles is 1. The number of carbonyl (C=O) groups is 1. The number of piperidine rings is 1. The molecule has 166 valence electrons. The fraction of sp³-hybridized carbons (Fsp3) is 0.565. The first kappa shape index (κ1) is 23.6. The van der Waals surface area contributed by atoms with E-state index in [0.717, 1.165) is 50.2 Å². The third-order valence-corrected chi connectivity index (χ3v) is 7.38. The Hall–Kier alpha value is -2.11. The fourth-order valence-corrected chi connectivity index (χ4v) is 5.59. The van der Waals surface area contributed by atoms with E-state index in [1.807, 2.05) is 13.0 Å². The van der Waals surface area contributed by atoms with Crippen LogP contribution >= 0.6 is 24.0 Å². The first-order valence-corrected chi connectivity index (χ1v) is 12.2. The van der Waals surface area contributed by atoms with Crippen LogP contribution in [0, 0.1) is 24.2 Å². The van der Waals surface area contributed by atoms with Crippen molar-refractivity contribution in [2.45, 2.75) is 59.9 Å². The van der Waals surface area contributed by atoms with Crippen LogP contribution in [0.1, 0.15) is 63.1 Å². The summed E-state index contributed by atoms with van der Waals surface area (Å²) in [5.41, 5.74) is 1.29. The zero-order chi connectivity index (χ0) is 22.7. The van der Waals surface area contributed by atoms with Crippen molar-refractivity contribution in [2.75, 3.05) is 24.5 Å². The van der Waals surface area contributed by atoms with Gasteiger partial charge >= 0.3 is 0 Å². The van der Waals surface area contributed by atoms with Crippen molar-refractivity contribution in [1.82, 2.24) is 9.47 Å². The lowest BCUT2D eigenvalue weighted by molar-refractivity contribution is -0.122. The van der Waals surface area contributed by atoms with E-state index in [0.29, 0.717) is 33.8 Å². The number of thioether (sulfide) groups is 1. The van der Waals surface area contributed by atoms with Crippen LogP contribution in [0.25, 0.3) is 6.08 Å². The van der Waals surface area contributed by atoms with Crippen LogP contribution in [-0.2, 0) is 11.3 Å². The zero-order valence-electron chi connectivity index (χ0n) is 18.7. The second kappa shape index (κ2) is 10.0. The Morgan fingerprint density at radius 2 is 2.06 bits per heavy atom. The lowest BCUT2D eigenvalue weighted by Crippen LogP contribution is -2.40. The average molecular weight is 459 g/mol. The highest BCUT2D eigenvalue weighted by molar-refractivity contribution is 8.26. The molecule has 2 saturated heterocycles. The van der Waals surface area contributed by atoms with Gasteiger partial charge in [-0.05, 0) is 50.7 Å². The molecule has 2 aliphatic rings. The number of pyridine rings is 1. The van der Waals surface area contributed by atoms with Gasteiger partial charge in [-0.1, -0.05) is 44.2 Å². The minimum absolute atomic E-state index is 0.0893. The standard InChI is InChI=1S/C23H30N4O2S2/c1-5-7-11-27-22(29)19(31-23(27)30)12-17-16(4)18(13-24)21(28)26(6-2)20(17)25-10-8-9-15(3)14-25/h12,15H,5-11,14H2,1-4H3/b19-12+. The summed E-state index contributed by atoms with van der Waals surface area (Å²) in [7, 11) is 0. The van der Waals surface area contributed by atoms with Gasteiger partial charge in [0.05, 0.1) is 4.91 Å². The van der Waals surface area contributed by atoms with Crippen molar-refractivity contribution < 1.29 is 4.79 Å². The Bertz CT molecular complexity index is 1020. The largest absolute Gasteiger partial charge is 0.357 e. The van der Waals surface area contributed by atoms with Crippen LogP contribution < -0.4 is 10.5 Å². The highest BCUT2D eigenvalue weighted by Crippen LogP contribution is 2.36. The SMILES string of the molecule is CCCCN1C(=O)/C(=C\c2c(C)c(C#N)c(=O)n(CC)c2N2CCCC(C)C2)SC1=S. The Morgan fingerprint density at radius 3 is 2.68 bits per heavy atom. The lowest BCUT2D eigenvalue weighted by atomic mass is 9.98. The molecule has 0 N–H and O–H groups in total. The maximum absolute atomic E-state index is 13.1. The summed E-state index contributed by atoms with van der Waals surface area (Å²) < 4.78 is 2.26. The Balaban J connectivity index is 2.18. The van der Waals surface area contributed by atoms with Gasteiger partial charge in [0.1, 0.15) is 21.8 Å². The summed E-state index contributed by atoms with van der Waals surface area (Å²) in [6.45, 7) is 10.8. The normalized spacial score (nSPS) is 20.6. The molecule has 1 aromatic heterocycles. The maximum Gasteiger partial charge on any atom is 0.270 e. The molecule has 0 aromatic carbocycles. The predicted molar refractivity (Wildman–Crippen MR) is 131 cm³/mol. The molecule has 1 aromatic rings. The Morgan fingerprint density at radius 1 is 1.32 bits per heavy atom. The maximum atomic E-state index is 13.1. The molecule has 0 saturated carbocycles. The van der Waals surface area contributed by atoms with Crippen molar-refractivity contribution >= 4 is 46.1 Å². The number of nitrogens with zero attached hydrogens (tertiary/aromatic N) is 4. The van der Waals surface area contributed by atoms with Crippen LogP contribution in [-0.4, -0.2) is 39.3 Å². The van der Waals surface area contributed by atoms with Gasteiger partial charge in [-0.25, -0.2) is 0 Å². The van der Waals surface area contributed by atoms with Crippen molar-refractivity contribution in [1.29, 1.82) is 5.26 Å². The van der Waals surface area contributed by atoms with Gasteiger partial charge in [0.15, 0.2) is 0 Å². The van der Waals surface area contributed by atoms with E-state index in [2.05, 4.69) is 24.8 Å². The summed E-state index contributed by atoms with van der Waals surface area (Å²) in [5, 5.41) is 9.68.